The van der Waals surface area contributed by atoms with Gasteiger partial charge in [0.15, 0.2) is 0 Å². The first kappa shape index (κ1) is 14.5. The molecular formula is C17H17FN2O2. The lowest BCUT2D eigenvalue weighted by Gasteiger charge is -2.07. The maximum Gasteiger partial charge on any atom is 0.274 e. The van der Waals surface area contributed by atoms with Gasteiger partial charge in [-0.1, -0.05) is 0 Å². The number of hydrogen-bond acceptors (Lipinski definition) is 3. The minimum atomic E-state index is -0.526. The SMILES string of the molecule is O=C(Nc1ccc(OCCF)cc1)c1cc(C2CC2)ccn1. The van der Waals surface area contributed by atoms with Gasteiger partial charge in [-0.25, -0.2) is 4.39 Å². The van der Waals surface area contributed by atoms with Crippen LogP contribution >= 0.6 is 0 Å². The first-order chi connectivity index (χ1) is 10.8. The third-order valence-electron chi connectivity index (χ3n) is 3.52. The fourth-order valence-corrected chi connectivity index (χ4v) is 2.23. The van der Waals surface area contributed by atoms with E-state index in [1.807, 2.05) is 12.1 Å². The first-order valence-electron chi connectivity index (χ1n) is 7.32. The third kappa shape index (κ3) is 3.61. The third-order valence-corrected chi connectivity index (χ3v) is 3.52. The first-order valence-corrected chi connectivity index (χ1v) is 7.32. The van der Waals surface area contributed by atoms with Crippen molar-refractivity contribution in [3.05, 3.63) is 53.9 Å². The molecular weight excluding hydrogens is 283 g/mol. The number of amides is 1. The van der Waals surface area contributed by atoms with Crippen molar-refractivity contribution in [3.63, 3.8) is 0 Å². The van der Waals surface area contributed by atoms with Crippen LogP contribution in [0.2, 0.25) is 0 Å². The Bertz CT molecular complexity index is 654. The lowest BCUT2D eigenvalue weighted by Crippen LogP contribution is -2.13. The maximum atomic E-state index is 12.2. The van der Waals surface area contributed by atoms with Gasteiger partial charge >= 0.3 is 0 Å². The molecule has 3 rings (SSSR count). The minimum Gasteiger partial charge on any atom is -0.491 e. The van der Waals surface area contributed by atoms with E-state index in [0.29, 0.717) is 23.0 Å². The number of ether oxygens (including phenoxy) is 1. The van der Waals surface area contributed by atoms with E-state index in [1.165, 1.54) is 18.4 Å². The molecule has 0 bridgehead atoms. The van der Waals surface area contributed by atoms with E-state index >= 15 is 0 Å². The van der Waals surface area contributed by atoms with Crippen LogP contribution in [0.5, 0.6) is 5.75 Å². The molecule has 0 atom stereocenters. The molecule has 1 aromatic carbocycles. The molecule has 1 heterocycles. The minimum absolute atomic E-state index is 0.0313. The van der Waals surface area contributed by atoms with Gasteiger partial charge in [0, 0.05) is 11.9 Å². The van der Waals surface area contributed by atoms with Gasteiger partial charge < -0.3 is 10.1 Å². The van der Waals surface area contributed by atoms with E-state index in [4.69, 9.17) is 4.74 Å². The molecule has 0 saturated heterocycles. The highest BCUT2D eigenvalue weighted by molar-refractivity contribution is 6.02. The summed E-state index contributed by atoms with van der Waals surface area (Å²) < 4.78 is 17.2. The molecule has 1 aliphatic carbocycles. The van der Waals surface area contributed by atoms with E-state index in [1.54, 1.807) is 30.5 Å². The number of nitrogens with one attached hydrogen (secondary N) is 1. The van der Waals surface area contributed by atoms with Crippen LogP contribution in [0.15, 0.2) is 42.6 Å². The number of pyridine rings is 1. The van der Waals surface area contributed by atoms with Crippen molar-refractivity contribution in [1.29, 1.82) is 0 Å². The molecule has 0 aliphatic heterocycles. The lowest BCUT2D eigenvalue weighted by molar-refractivity contribution is 0.102. The molecule has 1 aromatic heterocycles. The van der Waals surface area contributed by atoms with Crippen LogP contribution in [0.3, 0.4) is 0 Å². The molecule has 1 N–H and O–H groups in total. The summed E-state index contributed by atoms with van der Waals surface area (Å²) in [7, 11) is 0. The summed E-state index contributed by atoms with van der Waals surface area (Å²) >= 11 is 0. The highest BCUT2D eigenvalue weighted by Crippen LogP contribution is 2.39. The number of anilines is 1. The topological polar surface area (TPSA) is 51.2 Å². The van der Waals surface area contributed by atoms with E-state index < -0.39 is 6.67 Å². The van der Waals surface area contributed by atoms with E-state index in [-0.39, 0.29) is 12.5 Å². The summed E-state index contributed by atoms with van der Waals surface area (Å²) in [6, 6.07) is 10.6. The Labute approximate surface area is 128 Å². The molecule has 1 aliphatic rings. The maximum absolute atomic E-state index is 12.2. The van der Waals surface area contributed by atoms with Gasteiger partial charge in [0.25, 0.3) is 5.91 Å². The number of carbonyl (C=O) groups is 1. The predicted molar refractivity (Wildman–Crippen MR) is 82.1 cm³/mol. The molecule has 0 radical (unpaired) electrons. The van der Waals surface area contributed by atoms with Gasteiger partial charge in [-0.2, -0.15) is 0 Å². The standard InChI is InChI=1S/C17H17FN2O2/c18-8-10-22-15-5-3-14(4-6-15)20-17(21)16-11-13(7-9-19-16)12-1-2-12/h3-7,9,11-12H,1-2,8,10H2,(H,20,21). The summed E-state index contributed by atoms with van der Waals surface area (Å²) in [5.41, 5.74) is 2.24. The van der Waals surface area contributed by atoms with Gasteiger partial charge in [-0.15, -0.1) is 0 Å². The summed E-state index contributed by atoms with van der Waals surface area (Å²) in [4.78, 5) is 16.3. The largest absolute Gasteiger partial charge is 0.491 e. The zero-order chi connectivity index (χ0) is 15.4. The molecule has 0 spiro atoms. The predicted octanol–water partition coefficient (Wildman–Crippen LogP) is 3.56. The number of nitrogens with zero attached hydrogens (tertiary/aromatic N) is 1. The van der Waals surface area contributed by atoms with Crippen molar-refractivity contribution >= 4 is 11.6 Å². The Hall–Kier alpha value is -2.43. The number of carbonyl (C=O) groups excluding carboxylic acids is 1. The Morgan fingerprint density at radius 2 is 2.05 bits per heavy atom. The molecule has 0 unspecified atom stereocenters. The highest BCUT2D eigenvalue weighted by atomic mass is 19.1. The number of aromatic nitrogens is 1. The van der Waals surface area contributed by atoms with Gasteiger partial charge in [0.2, 0.25) is 0 Å². The fraction of sp³-hybridized carbons (Fsp3) is 0.294. The number of benzene rings is 1. The zero-order valence-corrected chi connectivity index (χ0v) is 12.1. The Balaban J connectivity index is 1.64. The highest BCUT2D eigenvalue weighted by Gasteiger charge is 2.24. The van der Waals surface area contributed by atoms with Gasteiger partial charge in [-0.3, -0.25) is 9.78 Å². The molecule has 22 heavy (non-hydrogen) atoms. The van der Waals surface area contributed by atoms with Crippen molar-refractivity contribution in [2.75, 3.05) is 18.6 Å². The second kappa shape index (κ2) is 6.56. The van der Waals surface area contributed by atoms with Crippen LogP contribution in [-0.4, -0.2) is 24.2 Å². The molecule has 1 amide bonds. The van der Waals surface area contributed by atoms with Crippen LogP contribution in [-0.2, 0) is 0 Å². The average Bonchev–Trinajstić information content (AvgIpc) is 3.39. The van der Waals surface area contributed by atoms with Gasteiger partial charge in [-0.05, 0) is 60.7 Å². The Morgan fingerprint density at radius 1 is 1.27 bits per heavy atom. The molecule has 1 saturated carbocycles. The Morgan fingerprint density at radius 3 is 2.73 bits per heavy atom. The van der Waals surface area contributed by atoms with Crippen LogP contribution in [0.25, 0.3) is 0 Å². The van der Waals surface area contributed by atoms with E-state index in [9.17, 15) is 9.18 Å². The Kier molecular flexibility index (Phi) is 4.32. The number of alkyl halides is 1. The molecule has 4 nitrogen and oxygen atoms in total. The molecule has 1 fully saturated rings. The monoisotopic (exact) mass is 300 g/mol. The van der Waals surface area contributed by atoms with Crippen molar-refractivity contribution in [2.45, 2.75) is 18.8 Å². The zero-order valence-electron chi connectivity index (χ0n) is 12.1. The summed E-state index contributed by atoms with van der Waals surface area (Å²) in [5, 5.41) is 2.80. The average molecular weight is 300 g/mol. The van der Waals surface area contributed by atoms with E-state index in [2.05, 4.69) is 10.3 Å². The van der Waals surface area contributed by atoms with Crippen LogP contribution in [0.4, 0.5) is 10.1 Å². The number of rotatable bonds is 6. The summed E-state index contributed by atoms with van der Waals surface area (Å²) in [6.07, 6.45) is 4.05. The van der Waals surface area contributed by atoms with Crippen molar-refractivity contribution in [2.24, 2.45) is 0 Å². The van der Waals surface area contributed by atoms with Crippen molar-refractivity contribution in [3.8, 4) is 5.75 Å². The quantitative estimate of drug-likeness (QED) is 0.887. The van der Waals surface area contributed by atoms with E-state index in [0.717, 1.165) is 0 Å². The van der Waals surface area contributed by atoms with Crippen LogP contribution in [0.1, 0.15) is 34.8 Å². The lowest BCUT2D eigenvalue weighted by atomic mass is 10.1. The summed E-state index contributed by atoms with van der Waals surface area (Å²) in [5.74, 6) is 0.922. The number of halogens is 1. The second-order valence-electron chi connectivity index (χ2n) is 5.26. The molecule has 114 valence electrons. The van der Waals surface area contributed by atoms with Crippen LogP contribution < -0.4 is 10.1 Å². The second-order valence-corrected chi connectivity index (χ2v) is 5.26. The fourth-order valence-electron chi connectivity index (χ4n) is 2.23. The van der Waals surface area contributed by atoms with Crippen LogP contribution in [0, 0.1) is 0 Å². The molecule has 5 heteroatoms. The smallest absolute Gasteiger partial charge is 0.274 e. The summed E-state index contributed by atoms with van der Waals surface area (Å²) in [6.45, 7) is -0.495. The van der Waals surface area contributed by atoms with Crippen molar-refractivity contribution < 1.29 is 13.9 Å². The normalized spacial score (nSPS) is 13.7. The van der Waals surface area contributed by atoms with Gasteiger partial charge in [0.1, 0.15) is 24.7 Å². The van der Waals surface area contributed by atoms with Crippen molar-refractivity contribution in [1.82, 2.24) is 4.98 Å². The molecule has 2 aromatic rings. The number of hydrogen-bond donors (Lipinski definition) is 1. The van der Waals surface area contributed by atoms with Gasteiger partial charge in [0.05, 0.1) is 0 Å².